The van der Waals surface area contributed by atoms with Gasteiger partial charge in [-0.25, -0.2) is 12.8 Å². The van der Waals surface area contributed by atoms with Crippen molar-refractivity contribution in [2.45, 2.75) is 31.9 Å². The first-order valence-electron chi connectivity index (χ1n) is 9.00. The molecule has 2 aliphatic heterocycles. The number of nitrogens with zero attached hydrogens (tertiary/aromatic N) is 2. The first-order chi connectivity index (χ1) is 12.4. The van der Waals surface area contributed by atoms with Crippen molar-refractivity contribution < 1.29 is 22.3 Å². The highest BCUT2D eigenvalue weighted by Crippen LogP contribution is 2.21. The van der Waals surface area contributed by atoms with Gasteiger partial charge < -0.3 is 9.64 Å². The minimum atomic E-state index is -2.86. The summed E-state index contributed by atoms with van der Waals surface area (Å²) in [5, 5.41) is 0. The standard InChI is InChI=1S/C18H25FN2O4S/c1-14(25-17-5-3-2-4-16(17)19)18(22)21-10-8-20(9-11-21)15-6-12-26(23,24)13-7-15/h2-5,14-15H,6-13H2,1H3. The molecular formula is C18H25FN2O4S. The van der Waals surface area contributed by atoms with Crippen molar-refractivity contribution in [2.75, 3.05) is 37.7 Å². The molecule has 2 fully saturated rings. The van der Waals surface area contributed by atoms with Crippen molar-refractivity contribution in [2.24, 2.45) is 0 Å². The number of carbonyl (C=O) groups is 1. The lowest BCUT2D eigenvalue weighted by Crippen LogP contribution is -2.55. The third-order valence-corrected chi connectivity index (χ3v) is 6.87. The number of hydrogen-bond acceptors (Lipinski definition) is 5. The number of piperazine rings is 1. The van der Waals surface area contributed by atoms with Crippen molar-refractivity contribution in [1.29, 1.82) is 0 Å². The summed E-state index contributed by atoms with van der Waals surface area (Å²) in [6.45, 7) is 4.24. The summed E-state index contributed by atoms with van der Waals surface area (Å²) < 4.78 is 42.3. The molecule has 1 atom stereocenters. The van der Waals surface area contributed by atoms with Gasteiger partial charge in [0.15, 0.2) is 17.7 Å². The molecule has 0 aromatic heterocycles. The van der Waals surface area contributed by atoms with Gasteiger partial charge in [-0.15, -0.1) is 0 Å². The largest absolute Gasteiger partial charge is 0.478 e. The Morgan fingerprint density at radius 2 is 1.77 bits per heavy atom. The SMILES string of the molecule is CC(Oc1ccccc1F)C(=O)N1CCN(C2CCS(=O)(=O)CC2)CC1. The van der Waals surface area contributed by atoms with Gasteiger partial charge in [0.1, 0.15) is 9.84 Å². The fraction of sp³-hybridized carbons (Fsp3) is 0.611. The zero-order chi connectivity index (χ0) is 18.7. The van der Waals surface area contributed by atoms with E-state index in [1.807, 2.05) is 0 Å². The number of amides is 1. The Labute approximate surface area is 153 Å². The fourth-order valence-corrected chi connectivity index (χ4v) is 5.05. The molecule has 0 aliphatic carbocycles. The minimum absolute atomic E-state index is 0.0791. The first-order valence-corrected chi connectivity index (χ1v) is 10.8. The molecule has 1 amide bonds. The average molecular weight is 384 g/mol. The second-order valence-corrected chi connectivity index (χ2v) is 9.24. The average Bonchev–Trinajstić information content (AvgIpc) is 2.63. The Morgan fingerprint density at radius 1 is 1.15 bits per heavy atom. The van der Waals surface area contributed by atoms with E-state index < -0.39 is 21.8 Å². The molecule has 0 radical (unpaired) electrons. The third kappa shape index (κ3) is 4.54. The van der Waals surface area contributed by atoms with Gasteiger partial charge in [-0.2, -0.15) is 0 Å². The maximum Gasteiger partial charge on any atom is 0.263 e. The summed E-state index contributed by atoms with van der Waals surface area (Å²) in [5.74, 6) is -0.0481. The Hall–Kier alpha value is -1.67. The maximum absolute atomic E-state index is 13.7. The molecule has 8 heteroatoms. The van der Waals surface area contributed by atoms with Crippen LogP contribution in [0.15, 0.2) is 24.3 Å². The predicted molar refractivity (Wildman–Crippen MR) is 96.3 cm³/mol. The fourth-order valence-electron chi connectivity index (χ4n) is 3.59. The normalized spacial score (nSPS) is 22.8. The first kappa shape index (κ1) is 19.1. The monoisotopic (exact) mass is 384 g/mol. The number of rotatable bonds is 4. The number of carbonyl (C=O) groups excluding carboxylic acids is 1. The van der Waals surface area contributed by atoms with Crippen LogP contribution in [0.5, 0.6) is 5.75 Å². The van der Waals surface area contributed by atoms with E-state index in [2.05, 4.69) is 4.90 Å². The zero-order valence-electron chi connectivity index (χ0n) is 14.9. The van der Waals surface area contributed by atoms with Crippen LogP contribution in [0.4, 0.5) is 4.39 Å². The zero-order valence-corrected chi connectivity index (χ0v) is 15.8. The van der Waals surface area contributed by atoms with Crippen molar-refractivity contribution in [3.05, 3.63) is 30.1 Å². The molecular weight excluding hydrogens is 359 g/mol. The van der Waals surface area contributed by atoms with E-state index in [4.69, 9.17) is 4.74 Å². The van der Waals surface area contributed by atoms with Crippen LogP contribution >= 0.6 is 0 Å². The van der Waals surface area contributed by atoms with Crippen LogP contribution in [0.1, 0.15) is 19.8 Å². The Morgan fingerprint density at radius 3 is 2.38 bits per heavy atom. The van der Waals surface area contributed by atoms with Crippen molar-refractivity contribution in [3.8, 4) is 5.75 Å². The van der Waals surface area contributed by atoms with E-state index in [-0.39, 0.29) is 29.2 Å². The summed E-state index contributed by atoms with van der Waals surface area (Å²) in [7, 11) is -2.86. The van der Waals surface area contributed by atoms with Crippen LogP contribution < -0.4 is 4.74 Å². The molecule has 0 spiro atoms. The van der Waals surface area contributed by atoms with Gasteiger partial charge >= 0.3 is 0 Å². The van der Waals surface area contributed by atoms with E-state index in [0.717, 1.165) is 13.1 Å². The van der Waals surface area contributed by atoms with E-state index in [1.165, 1.54) is 12.1 Å². The van der Waals surface area contributed by atoms with Gasteiger partial charge in [0, 0.05) is 32.2 Å². The van der Waals surface area contributed by atoms with Gasteiger partial charge in [-0.05, 0) is 31.9 Å². The predicted octanol–water partition coefficient (Wildman–Crippen LogP) is 1.31. The van der Waals surface area contributed by atoms with Crippen LogP contribution in [-0.4, -0.2) is 74.0 Å². The van der Waals surface area contributed by atoms with Gasteiger partial charge in [-0.3, -0.25) is 9.69 Å². The molecule has 1 aromatic rings. The van der Waals surface area contributed by atoms with E-state index in [1.54, 1.807) is 24.0 Å². The van der Waals surface area contributed by atoms with Gasteiger partial charge in [0.2, 0.25) is 0 Å². The highest BCUT2D eigenvalue weighted by Gasteiger charge is 2.32. The summed E-state index contributed by atoms with van der Waals surface area (Å²) in [5.41, 5.74) is 0. The minimum Gasteiger partial charge on any atom is -0.478 e. The second-order valence-electron chi connectivity index (χ2n) is 6.93. The molecule has 1 unspecified atom stereocenters. The van der Waals surface area contributed by atoms with Crippen LogP contribution in [0, 0.1) is 5.82 Å². The lowest BCUT2D eigenvalue weighted by Gasteiger charge is -2.41. The molecule has 3 rings (SSSR count). The number of ether oxygens (including phenoxy) is 1. The smallest absolute Gasteiger partial charge is 0.263 e. The van der Waals surface area contributed by atoms with Gasteiger partial charge in [0.05, 0.1) is 11.5 Å². The third-order valence-electron chi connectivity index (χ3n) is 5.15. The van der Waals surface area contributed by atoms with Crippen LogP contribution in [-0.2, 0) is 14.6 Å². The number of halogens is 1. The van der Waals surface area contributed by atoms with Crippen molar-refractivity contribution >= 4 is 15.7 Å². The van der Waals surface area contributed by atoms with Crippen LogP contribution in [0.3, 0.4) is 0 Å². The highest BCUT2D eigenvalue weighted by atomic mass is 32.2. The van der Waals surface area contributed by atoms with E-state index in [0.29, 0.717) is 25.9 Å². The Bertz CT molecular complexity index is 733. The van der Waals surface area contributed by atoms with Crippen molar-refractivity contribution in [1.82, 2.24) is 9.80 Å². The molecule has 2 heterocycles. The van der Waals surface area contributed by atoms with Gasteiger partial charge in [0.25, 0.3) is 5.91 Å². The molecule has 6 nitrogen and oxygen atoms in total. The lowest BCUT2D eigenvalue weighted by atomic mass is 10.1. The number of para-hydroxylation sites is 1. The molecule has 2 aliphatic rings. The molecule has 2 saturated heterocycles. The van der Waals surface area contributed by atoms with Crippen LogP contribution in [0.2, 0.25) is 0 Å². The number of sulfone groups is 1. The number of hydrogen-bond donors (Lipinski definition) is 0. The molecule has 26 heavy (non-hydrogen) atoms. The lowest BCUT2D eigenvalue weighted by molar-refractivity contribution is -0.140. The highest BCUT2D eigenvalue weighted by molar-refractivity contribution is 7.91. The van der Waals surface area contributed by atoms with Crippen molar-refractivity contribution in [3.63, 3.8) is 0 Å². The quantitative estimate of drug-likeness (QED) is 0.783. The molecule has 144 valence electrons. The maximum atomic E-state index is 13.7. The van der Waals surface area contributed by atoms with E-state index in [9.17, 15) is 17.6 Å². The Balaban J connectivity index is 1.50. The van der Waals surface area contributed by atoms with Gasteiger partial charge in [-0.1, -0.05) is 12.1 Å². The summed E-state index contributed by atoms with van der Waals surface area (Å²) in [6.07, 6.45) is 0.588. The molecule has 0 N–H and O–H groups in total. The number of benzene rings is 1. The summed E-state index contributed by atoms with van der Waals surface area (Å²) in [6, 6.07) is 6.33. The van der Waals surface area contributed by atoms with E-state index >= 15 is 0 Å². The molecule has 1 aromatic carbocycles. The second kappa shape index (κ2) is 7.92. The Kier molecular flexibility index (Phi) is 5.82. The topological polar surface area (TPSA) is 66.9 Å². The molecule has 0 saturated carbocycles. The van der Waals surface area contributed by atoms with Crippen LogP contribution in [0.25, 0.3) is 0 Å². The summed E-state index contributed by atoms with van der Waals surface area (Å²) >= 11 is 0. The summed E-state index contributed by atoms with van der Waals surface area (Å²) in [4.78, 5) is 16.6. The molecule has 0 bridgehead atoms.